The van der Waals surface area contributed by atoms with Gasteiger partial charge < -0.3 is 4.90 Å². The summed E-state index contributed by atoms with van der Waals surface area (Å²) in [6, 6.07) is 5.34. The molecule has 0 spiro atoms. The molecule has 5 nitrogen and oxygen atoms in total. The third-order valence-corrected chi connectivity index (χ3v) is 5.70. The molecule has 2 aromatic rings. The van der Waals surface area contributed by atoms with Crippen LogP contribution in [-0.4, -0.2) is 57.7 Å². The molecule has 1 aromatic carbocycles. The normalized spacial score (nSPS) is 17.4. The predicted molar refractivity (Wildman–Crippen MR) is 105 cm³/mol. The molecule has 1 unspecified atom stereocenters. The first-order valence-electron chi connectivity index (χ1n) is 9.94. The smallest absolute Gasteiger partial charge is 0.337 e. The van der Waals surface area contributed by atoms with Crippen molar-refractivity contribution in [1.82, 2.24) is 19.6 Å². The van der Waals surface area contributed by atoms with Gasteiger partial charge in [-0.2, -0.15) is 18.3 Å². The number of carbonyl (C=O) groups is 1. The number of aryl methyl sites for hydroxylation is 1. The molecule has 0 radical (unpaired) electrons. The van der Waals surface area contributed by atoms with Crippen LogP contribution in [0.1, 0.15) is 47.6 Å². The Hall–Kier alpha value is -2.35. The number of alkyl halides is 3. The van der Waals surface area contributed by atoms with Crippen LogP contribution in [0.5, 0.6) is 0 Å². The Morgan fingerprint density at radius 3 is 2.55 bits per heavy atom. The van der Waals surface area contributed by atoms with Crippen molar-refractivity contribution in [2.24, 2.45) is 0 Å². The van der Waals surface area contributed by atoms with Crippen LogP contribution in [0.2, 0.25) is 0 Å². The van der Waals surface area contributed by atoms with Gasteiger partial charge >= 0.3 is 6.18 Å². The highest BCUT2D eigenvalue weighted by Crippen LogP contribution is 2.31. The molecular formula is C21H27F3N4O. The lowest BCUT2D eigenvalue weighted by Gasteiger charge is -2.26. The minimum absolute atomic E-state index is 0.104. The Morgan fingerprint density at radius 1 is 1.24 bits per heavy atom. The van der Waals surface area contributed by atoms with Crippen molar-refractivity contribution in [1.29, 1.82) is 0 Å². The number of aromatic nitrogens is 2. The zero-order valence-corrected chi connectivity index (χ0v) is 17.3. The second-order valence-corrected chi connectivity index (χ2v) is 7.42. The Kier molecular flexibility index (Phi) is 6.03. The lowest BCUT2D eigenvalue weighted by Crippen LogP contribution is -2.38. The van der Waals surface area contributed by atoms with Gasteiger partial charge in [0, 0.05) is 19.1 Å². The number of hydrogen-bond donors (Lipinski definition) is 0. The van der Waals surface area contributed by atoms with E-state index in [0.717, 1.165) is 31.6 Å². The molecule has 158 valence electrons. The molecule has 1 aromatic heterocycles. The minimum Gasteiger partial charge on any atom is -0.337 e. The first-order valence-corrected chi connectivity index (χ1v) is 9.94. The molecule has 8 heteroatoms. The molecule has 1 fully saturated rings. The van der Waals surface area contributed by atoms with Crippen molar-refractivity contribution in [2.75, 3.05) is 26.2 Å². The molecule has 1 aliphatic heterocycles. The van der Waals surface area contributed by atoms with Crippen LogP contribution in [0.3, 0.4) is 0 Å². The lowest BCUT2D eigenvalue weighted by atomic mass is 10.1. The second-order valence-electron chi connectivity index (χ2n) is 7.42. The van der Waals surface area contributed by atoms with E-state index in [2.05, 4.69) is 23.8 Å². The summed E-state index contributed by atoms with van der Waals surface area (Å²) in [7, 11) is 0. The SMILES string of the molecule is CCN(CC)C1CCN(C(=O)c2c(C)nn(-c3cccc(C(F)(F)F)c3)c2C)C1. The van der Waals surface area contributed by atoms with Crippen molar-refractivity contribution in [3.8, 4) is 5.69 Å². The van der Waals surface area contributed by atoms with Crippen LogP contribution >= 0.6 is 0 Å². The van der Waals surface area contributed by atoms with Gasteiger partial charge in [0.25, 0.3) is 5.91 Å². The van der Waals surface area contributed by atoms with Gasteiger partial charge in [-0.3, -0.25) is 9.69 Å². The van der Waals surface area contributed by atoms with E-state index in [4.69, 9.17) is 0 Å². The Balaban J connectivity index is 1.88. The van der Waals surface area contributed by atoms with E-state index < -0.39 is 11.7 Å². The van der Waals surface area contributed by atoms with Gasteiger partial charge in [0.15, 0.2) is 0 Å². The molecule has 1 aliphatic rings. The van der Waals surface area contributed by atoms with Crippen LogP contribution in [0.4, 0.5) is 13.2 Å². The monoisotopic (exact) mass is 408 g/mol. The summed E-state index contributed by atoms with van der Waals surface area (Å²) in [5.74, 6) is -0.104. The number of nitrogens with zero attached hydrogens (tertiary/aromatic N) is 4. The van der Waals surface area contributed by atoms with Crippen LogP contribution in [0, 0.1) is 13.8 Å². The summed E-state index contributed by atoms with van der Waals surface area (Å²) >= 11 is 0. The van der Waals surface area contributed by atoms with Crippen LogP contribution in [-0.2, 0) is 6.18 Å². The number of halogens is 3. The Morgan fingerprint density at radius 2 is 1.93 bits per heavy atom. The van der Waals surface area contributed by atoms with Crippen molar-refractivity contribution >= 4 is 5.91 Å². The topological polar surface area (TPSA) is 41.4 Å². The largest absolute Gasteiger partial charge is 0.416 e. The summed E-state index contributed by atoms with van der Waals surface area (Å²) in [6.45, 7) is 10.9. The highest BCUT2D eigenvalue weighted by atomic mass is 19.4. The molecule has 1 saturated heterocycles. The van der Waals surface area contributed by atoms with Gasteiger partial charge in [-0.25, -0.2) is 4.68 Å². The highest BCUT2D eigenvalue weighted by Gasteiger charge is 2.33. The summed E-state index contributed by atoms with van der Waals surface area (Å²) in [5, 5.41) is 4.37. The standard InChI is InChI=1S/C21H27F3N4O/c1-5-26(6-2)18-10-11-27(13-18)20(29)19-14(3)25-28(15(19)4)17-9-7-8-16(12-17)21(22,23)24/h7-9,12,18H,5-6,10-11,13H2,1-4H3. The minimum atomic E-state index is -4.43. The van der Waals surface area contributed by atoms with Crippen molar-refractivity contribution in [3.63, 3.8) is 0 Å². The van der Waals surface area contributed by atoms with Crippen molar-refractivity contribution in [3.05, 3.63) is 46.8 Å². The molecule has 0 saturated carbocycles. The molecule has 0 N–H and O–H groups in total. The van der Waals surface area contributed by atoms with E-state index in [0.29, 0.717) is 41.8 Å². The lowest BCUT2D eigenvalue weighted by molar-refractivity contribution is -0.137. The molecular weight excluding hydrogens is 381 g/mol. The number of rotatable bonds is 5. The average molecular weight is 408 g/mol. The van der Waals surface area contributed by atoms with E-state index in [1.54, 1.807) is 19.9 Å². The number of amides is 1. The van der Waals surface area contributed by atoms with Gasteiger partial charge in [-0.05, 0) is 51.6 Å². The maximum absolute atomic E-state index is 13.2. The highest BCUT2D eigenvalue weighted by molar-refractivity contribution is 5.96. The van der Waals surface area contributed by atoms with Gasteiger partial charge in [-0.1, -0.05) is 19.9 Å². The van der Waals surface area contributed by atoms with Gasteiger partial charge in [0.05, 0.1) is 28.2 Å². The predicted octanol–water partition coefficient (Wildman–Crippen LogP) is 4.06. The van der Waals surface area contributed by atoms with Crippen LogP contribution in [0.25, 0.3) is 5.69 Å². The zero-order valence-electron chi connectivity index (χ0n) is 17.3. The fourth-order valence-corrected chi connectivity index (χ4v) is 4.14. The average Bonchev–Trinajstić information content (AvgIpc) is 3.27. The van der Waals surface area contributed by atoms with Crippen LogP contribution < -0.4 is 0 Å². The molecule has 29 heavy (non-hydrogen) atoms. The van der Waals surface area contributed by atoms with Gasteiger partial charge in [0.2, 0.25) is 0 Å². The van der Waals surface area contributed by atoms with Crippen LogP contribution in [0.15, 0.2) is 24.3 Å². The molecule has 2 heterocycles. The Labute approximate surface area is 169 Å². The molecule has 0 aliphatic carbocycles. The van der Waals surface area contributed by atoms with Crippen molar-refractivity contribution < 1.29 is 18.0 Å². The zero-order chi connectivity index (χ0) is 21.3. The van der Waals surface area contributed by atoms with Gasteiger partial charge in [-0.15, -0.1) is 0 Å². The third-order valence-electron chi connectivity index (χ3n) is 5.70. The summed E-state index contributed by atoms with van der Waals surface area (Å²) in [6.07, 6.45) is -3.51. The van der Waals surface area contributed by atoms with Gasteiger partial charge in [0.1, 0.15) is 0 Å². The fraction of sp³-hybridized carbons (Fsp3) is 0.524. The summed E-state index contributed by atoms with van der Waals surface area (Å²) in [4.78, 5) is 17.4. The van der Waals surface area contributed by atoms with E-state index in [-0.39, 0.29) is 5.91 Å². The van der Waals surface area contributed by atoms with E-state index >= 15 is 0 Å². The number of hydrogen-bond acceptors (Lipinski definition) is 3. The molecule has 1 amide bonds. The maximum Gasteiger partial charge on any atom is 0.416 e. The number of likely N-dealkylation sites (tertiary alicyclic amines) is 1. The second kappa shape index (κ2) is 8.18. The molecule has 3 rings (SSSR count). The molecule has 1 atom stereocenters. The first kappa shape index (κ1) is 21.4. The number of carbonyl (C=O) groups excluding carboxylic acids is 1. The van der Waals surface area contributed by atoms with Crippen molar-refractivity contribution in [2.45, 2.75) is 46.3 Å². The van der Waals surface area contributed by atoms with E-state index in [9.17, 15) is 18.0 Å². The van der Waals surface area contributed by atoms with E-state index in [1.807, 2.05) is 4.90 Å². The summed E-state index contributed by atoms with van der Waals surface area (Å²) in [5.41, 5.74) is 1.11. The quantitative estimate of drug-likeness (QED) is 0.749. The Bertz CT molecular complexity index is 887. The number of benzene rings is 1. The first-order chi connectivity index (χ1) is 13.7. The molecule has 0 bridgehead atoms. The summed E-state index contributed by atoms with van der Waals surface area (Å²) < 4.78 is 40.6. The maximum atomic E-state index is 13.2. The van der Waals surface area contributed by atoms with E-state index in [1.165, 1.54) is 10.7 Å². The fourth-order valence-electron chi connectivity index (χ4n) is 4.14. The third kappa shape index (κ3) is 4.17. The number of likely N-dealkylation sites (N-methyl/N-ethyl adjacent to an activating group) is 1.